The van der Waals surface area contributed by atoms with Crippen LogP contribution in [0, 0.1) is 24.3 Å². The third-order valence-corrected chi connectivity index (χ3v) is 3.91. The zero-order chi connectivity index (χ0) is 14.8. The molecule has 21 heavy (non-hydrogen) atoms. The van der Waals surface area contributed by atoms with Gasteiger partial charge in [0.2, 0.25) is 5.91 Å². The first-order valence-electron chi connectivity index (χ1n) is 6.98. The van der Waals surface area contributed by atoms with E-state index < -0.39 is 0 Å². The third kappa shape index (κ3) is 2.65. The third-order valence-electron chi connectivity index (χ3n) is 3.91. The summed E-state index contributed by atoms with van der Waals surface area (Å²) in [6.07, 6.45) is 4.58. The smallest absolute Gasteiger partial charge is 0.229 e. The highest BCUT2D eigenvalue weighted by molar-refractivity contribution is 5.96. The Labute approximate surface area is 123 Å². The first kappa shape index (κ1) is 13.4. The van der Waals surface area contributed by atoms with Crippen LogP contribution in [0.5, 0.6) is 0 Å². The fourth-order valence-corrected chi connectivity index (χ4v) is 2.66. The Bertz CT molecular complexity index is 735. The molecule has 0 radical (unpaired) electrons. The molecule has 0 bridgehead atoms. The van der Waals surface area contributed by atoms with Crippen molar-refractivity contribution >= 4 is 22.5 Å². The molecule has 0 aliphatic carbocycles. The molecule has 0 spiro atoms. The summed E-state index contributed by atoms with van der Waals surface area (Å²) in [5, 5.41) is 12.8. The van der Waals surface area contributed by atoms with Gasteiger partial charge in [-0.3, -0.25) is 9.78 Å². The fourth-order valence-electron chi connectivity index (χ4n) is 2.66. The van der Waals surface area contributed by atoms with Crippen LogP contribution in [0.15, 0.2) is 30.5 Å². The predicted molar refractivity (Wildman–Crippen MR) is 80.4 cm³/mol. The number of pyridine rings is 1. The van der Waals surface area contributed by atoms with E-state index in [-0.39, 0.29) is 11.8 Å². The van der Waals surface area contributed by atoms with Crippen molar-refractivity contribution in [2.75, 3.05) is 18.4 Å². The summed E-state index contributed by atoms with van der Waals surface area (Å²) in [5.74, 6) is -0.132. The molecule has 106 valence electrons. The number of fused-ring (bicyclic) bond motifs is 1. The first-order valence-corrected chi connectivity index (χ1v) is 6.98. The van der Waals surface area contributed by atoms with Crippen LogP contribution in [0.2, 0.25) is 0 Å². The number of carbonyl (C=O) groups excluding carboxylic acids is 1. The summed E-state index contributed by atoms with van der Waals surface area (Å²) in [6.45, 7) is 3.13. The molecule has 2 aromatic rings. The number of likely N-dealkylation sites (tertiary alicyclic amines) is 1. The lowest BCUT2D eigenvalue weighted by molar-refractivity contribution is -0.119. The maximum absolute atomic E-state index is 12.3. The van der Waals surface area contributed by atoms with Gasteiger partial charge in [0.15, 0.2) is 6.19 Å². The Hall–Kier alpha value is -2.61. The topological polar surface area (TPSA) is 69.0 Å². The second-order valence-corrected chi connectivity index (χ2v) is 5.38. The maximum Gasteiger partial charge on any atom is 0.229 e. The minimum Gasteiger partial charge on any atom is -0.326 e. The summed E-state index contributed by atoms with van der Waals surface area (Å²) in [6, 6.07) is 7.78. The van der Waals surface area contributed by atoms with Gasteiger partial charge in [0, 0.05) is 30.4 Å². The van der Waals surface area contributed by atoms with Gasteiger partial charge in [0.25, 0.3) is 0 Å². The minimum atomic E-state index is -0.117. The molecular weight excluding hydrogens is 264 g/mol. The Balaban J connectivity index is 1.80. The van der Waals surface area contributed by atoms with E-state index in [1.54, 1.807) is 11.1 Å². The molecule has 2 heterocycles. The van der Waals surface area contributed by atoms with Crippen LogP contribution < -0.4 is 5.32 Å². The molecule has 1 amide bonds. The average molecular weight is 280 g/mol. The van der Waals surface area contributed by atoms with Crippen molar-refractivity contribution in [2.24, 2.45) is 5.92 Å². The molecule has 0 unspecified atom stereocenters. The van der Waals surface area contributed by atoms with Gasteiger partial charge >= 0.3 is 0 Å². The molecule has 5 nitrogen and oxygen atoms in total. The van der Waals surface area contributed by atoms with Gasteiger partial charge in [-0.25, -0.2) is 0 Å². The largest absolute Gasteiger partial charge is 0.326 e. The number of carbonyl (C=O) groups is 1. The zero-order valence-electron chi connectivity index (χ0n) is 11.8. The van der Waals surface area contributed by atoms with Crippen molar-refractivity contribution in [1.29, 1.82) is 5.26 Å². The van der Waals surface area contributed by atoms with E-state index in [9.17, 15) is 4.79 Å². The van der Waals surface area contributed by atoms with Crippen molar-refractivity contribution in [3.63, 3.8) is 0 Å². The number of anilines is 1. The molecule has 5 heteroatoms. The summed E-state index contributed by atoms with van der Waals surface area (Å²) >= 11 is 0. The van der Waals surface area contributed by atoms with Crippen LogP contribution in [-0.2, 0) is 4.79 Å². The highest BCUT2D eigenvalue weighted by atomic mass is 16.1. The van der Waals surface area contributed by atoms with Gasteiger partial charge in [-0.1, -0.05) is 6.07 Å². The number of aromatic nitrogens is 1. The number of nitriles is 1. The van der Waals surface area contributed by atoms with Crippen LogP contribution in [0.4, 0.5) is 5.69 Å². The summed E-state index contributed by atoms with van der Waals surface area (Å²) in [4.78, 5) is 18.2. The van der Waals surface area contributed by atoms with Crippen LogP contribution >= 0.6 is 0 Å². The molecule has 1 aliphatic heterocycles. The molecule has 1 aromatic carbocycles. The van der Waals surface area contributed by atoms with Crippen LogP contribution in [0.3, 0.4) is 0 Å². The first-order chi connectivity index (χ1) is 10.2. The maximum atomic E-state index is 12.3. The zero-order valence-corrected chi connectivity index (χ0v) is 11.8. The molecule has 1 saturated heterocycles. The Morgan fingerprint density at radius 2 is 2.38 bits per heavy atom. The number of hydrogen-bond donors (Lipinski definition) is 1. The van der Waals surface area contributed by atoms with Gasteiger partial charge in [-0.2, -0.15) is 5.26 Å². The Kier molecular flexibility index (Phi) is 3.44. The number of nitrogens with zero attached hydrogens (tertiary/aromatic N) is 3. The summed E-state index contributed by atoms with van der Waals surface area (Å²) in [7, 11) is 0. The van der Waals surface area contributed by atoms with E-state index in [0.29, 0.717) is 13.1 Å². The number of hydrogen-bond acceptors (Lipinski definition) is 4. The number of aryl methyl sites for hydroxylation is 1. The lowest BCUT2D eigenvalue weighted by atomic mass is 10.1. The van der Waals surface area contributed by atoms with Gasteiger partial charge in [-0.05, 0) is 37.1 Å². The molecule has 0 saturated carbocycles. The average Bonchev–Trinajstić information content (AvgIpc) is 2.97. The standard InChI is InChI=1S/C16H16N4O/c1-11-7-15-12(3-2-5-18-15)8-14(11)19-16(21)13-4-6-20(9-13)10-17/h2-3,5,7-8,13H,4,6,9H2,1H3,(H,19,21)/t13-/m0/s1. The van der Waals surface area contributed by atoms with Crippen molar-refractivity contribution < 1.29 is 4.79 Å². The van der Waals surface area contributed by atoms with Gasteiger partial charge < -0.3 is 10.2 Å². The van der Waals surface area contributed by atoms with Gasteiger partial charge in [0.1, 0.15) is 0 Å². The van der Waals surface area contributed by atoms with E-state index in [1.807, 2.05) is 31.2 Å². The SMILES string of the molecule is Cc1cc2ncccc2cc1NC(=O)[C@H]1CCN(C#N)C1. The van der Waals surface area contributed by atoms with E-state index in [2.05, 4.69) is 16.5 Å². The molecule has 1 fully saturated rings. The normalized spacial score (nSPS) is 17.7. The number of rotatable bonds is 2. The quantitative estimate of drug-likeness (QED) is 0.857. The summed E-state index contributed by atoms with van der Waals surface area (Å²) < 4.78 is 0. The molecule has 1 aromatic heterocycles. The molecule has 3 rings (SSSR count). The van der Waals surface area contributed by atoms with Crippen LogP contribution in [-0.4, -0.2) is 28.9 Å². The monoisotopic (exact) mass is 280 g/mol. The highest BCUT2D eigenvalue weighted by Crippen LogP contribution is 2.24. The lowest BCUT2D eigenvalue weighted by Gasteiger charge is -2.13. The van der Waals surface area contributed by atoms with E-state index in [4.69, 9.17) is 5.26 Å². The Morgan fingerprint density at radius 1 is 1.52 bits per heavy atom. The van der Waals surface area contributed by atoms with Crippen LogP contribution in [0.25, 0.3) is 10.9 Å². The van der Waals surface area contributed by atoms with E-state index in [1.165, 1.54) is 0 Å². The minimum absolute atomic E-state index is 0.0147. The van der Waals surface area contributed by atoms with Gasteiger partial charge in [-0.15, -0.1) is 0 Å². The molecule has 1 atom stereocenters. The van der Waals surface area contributed by atoms with Crippen molar-refractivity contribution in [3.8, 4) is 6.19 Å². The number of benzene rings is 1. The van der Waals surface area contributed by atoms with E-state index in [0.717, 1.165) is 28.6 Å². The second-order valence-electron chi connectivity index (χ2n) is 5.38. The van der Waals surface area contributed by atoms with Gasteiger partial charge in [0.05, 0.1) is 11.4 Å². The lowest BCUT2D eigenvalue weighted by Crippen LogP contribution is -2.25. The summed E-state index contributed by atoms with van der Waals surface area (Å²) in [5.41, 5.74) is 2.73. The second kappa shape index (κ2) is 5.41. The van der Waals surface area contributed by atoms with Crippen molar-refractivity contribution in [1.82, 2.24) is 9.88 Å². The molecule has 1 N–H and O–H groups in total. The van der Waals surface area contributed by atoms with Crippen molar-refractivity contribution in [3.05, 3.63) is 36.0 Å². The predicted octanol–water partition coefficient (Wildman–Crippen LogP) is 2.28. The highest BCUT2D eigenvalue weighted by Gasteiger charge is 2.28. The van der Waals surface area contributed by atoms with Crippen LogP contribution in [0.1, 0.15) is 12.0 Å². The van der Waals surface area contributed by atoms with Crippen molar-refractivity contribution in [2.45, 2.75) is 13.3 Å². The Morgan fingerprint density at radius 3 is 3.14 bits per heavy atom. The molecular formula is C16H16N4O. The fraction of sp³-hybridized carbons (Fsp3) is 0.312. The number of amides is 1. The van der Waals surface area contributed by atoms with E-state index >= 15 is 0 Å². The molecule has 1 aliphatic rings. The number of nitrogens with one attached hydrogen (secondary N) is 1.